The third kappa shape index (κ3) is 5.89. The molecule has 0 fully saturated rings. The molecule has 3 nitrogen and oxygen atoms in total. The van der Waals surface area contributed by atoms with Crippen molar-refractivity contribution in [3.63, 3.8) is 0 Å². The van der Waals surface area contributed by atoms with Gasteiger partial charge in [0.1, 0.15) is 6.29 Å². The van der Waals surface area contributed by atoms with Gasteiger partial charge in [-0.25, -0.2) is 0 Å². The van der Waals surface area contributed by atoms with E-state index in [4.69, 9.17) is 0 Å². The fourth-order valence-corrected chi connectivity index (χ4v) is 0.768. The van der Waals surface area contributed by atoms with Crippen molar-refractivity contribution in [3.05, 3.63) is 0 Å². The Morgan fingerprint density at radius 3 is 2.58 bits per heavy atom. The lowest BCUT2D eigenvalue weighted by atomic mass is 10.2. The van der Waals surface area contributed by atoms with E-state index < -0.39 is 0 Å². The molecule has 12 heavy (non-hydrogen) atoms. The summed E-state index contributed by atoms with van der Waals surface area (Å²) in [6.45, 7) is 4.41. The van der Waals surface area contributed by atoms with Crippen molar-refractivity contribution >= 4 is 12.2 Å². The maximum atomic E-state index is 11.0. The van der Waals surface area contributed by atoms with Crippen LogP contribution in [0.25, 0.3) is 0 Å². The van der Waals surface area contributed by atoms with Crippen molar-refractivity contribution in [2.75, 3.05) is 6.54 Å². The first kappa shape index (κ1) is 11.1. The number of hydrogen-bond acceptors (Lipinski definition) is 2. The van der Waals surface area contributed by atoms with Gasteiger partial charge in [-0.05, 0) is 12.8 Å². The molecule has 0 aromatic heterocycles. The van der Waals surface area contributed by atoms with E-state index in [0.29, 0.717) is 13.0 Å². The maximum absolute atomic E-state index is 11.0. The van der Waals surface area contributed by atoms with Crippen molar-refractivity contribution in [3.8, 4) is 0 Å². The molecule has 0 rings (SSSR count). The predicted octanol–water partition coefficient (Wildman–Crippen LogP) is 1.13. The van der Waals surface area contributed by atoms with Crippen LogP contribution >= 0.6 is 0 Å². The fourth-order valence-electron chi connectivity index (χ4n) is 0.768. The Balaban J connectivity index is 3.19. The van der Waals surface area contributed by atoms with Crippen LogP contribution in [0.3, 0.4) is 0 Å². The zero-order valence-corrected chi connectivity index (χ0v) is 7.80. The van der Waals surface area contributed by atoms with Gasteiger partial charge >= 0.3 is 0 Å². The van der Waals surface area contributed by atoms with Crippen LogP contribution in [0.15, 0.2) is 0 Å². The normalized spacial score (nSPS) is 9.92. The summed E-state index contributed by atoms with van der Waals surface area (Å²) in [5.74, 6) is 0.136. The first-order valence-corrected chi connectivity index (χ1v) is 4.40. The average molecular weight is 171 g/mol. The lowest BCUT2D eigenvalue weighted by Gasteiger charge is -2.05. The van der Waals surface area contributed by atoms with Gasteiger partial charge in [0.25, 0.3) is 0 Å². The molecule has 0 aliphatic rings. The average Bonchev–Trinajstić information content (AvgIpc) is 2.03. The summed E-state index contributed by atoms with van der Waals surface area (Å²) in [4.78, 5) is 20.9. The fraction of sp³-hybridized carbons (Fsp3) is 0.778. The zero-order chi connectivity index (χ0) is 9.40. The topological polar surface area (TPSA) is 46.2 Å². The third-order valence-electron chi connectivity index (χ3n) is 1.57. The summed E-state index contributed by atoms with van der Waals surface area (Å²) < 4.78 is 0. The highest BCUT2D eigenvalue weighted by atomic mass is 16.1. The monoisotopic (exact) mass is 171 g/mol. The highest BCUT2D eigenvalue weighted by Crippen LogP contribution is 1.93. The highest BCUT2D eigenvalue weighted by molar-refractivity contribution is 5.77. The van der Waals surface area contributed by atoms with Crippen molar-refractivity contribution in [1.29, 1.82) is 0 Å². The van der Waals surface area contributed by atoms with Crippen LogP contribution in [0.1, 0.15) is 33.1 Å². The molecular formula is C9H17NO2. The van der Waals surface area contributed by atoms with Gasteiger partial charge in [-0.2, -0.15) is 0 Å². The standard InChI is InChI=1S/C9H17NO2/c1-8(2)9(12)10-6-4-3-5-7-11/h7-8H,3-6H2,1-2H3,(H,10,12). The summed E-state index contributed by atoms with van der Waals surface area (Å²) in [5.41, 5.74) is 0. The van der Waals surface area contributed by atoms with Gasteiger partial charge in [0.05, 0.1) is 0 Å². The second-order valence-electron chi connectivity index (χ2n) is 3.11. The quantitative estimate of drug-likeness (QED) is 0.481. The molecule has 0 radical (unpaired) electrons. The zero-order valence-electron chi connectivity index (χ0n) is 7.80. The van der Waals surface area contributed by atoms with Crippen LogP contribution in [-0.4, -0.2) is 18.7 Å². The van der Waals surface area contributed by atoms with E-state index >= 15 is 0 Å². The minimum absolute atomic E-state index is 0.0519. The van der Waals surface area contributed by atoms with Crippen molar-refractivity contribution in [2.24, 2.45) is 5.92 Å². The largest absolute Gasteiger partial charge is 0.356 e. The molecule has 0 atom stereocenters. The van der Waals surface area contributed by atoms with E-state index in [1.165, 1.54) is 0 Å². The summed E-state index contributed by atoms with van der Waals surface area (Å²) in [6.07, 6.45) is 3.25. The molecule has 0 spiro atoms. The van der Waals surface area contributed by atoms with Crippen LogP contribution in [-0.2, 0) is 9.59 Å². The molecule has 1 amide bonds. The molecule has 0 saturated carbocycles. The molecule has 0 unspecified atom stereocenters. The van der Waals surface area contributed by atoms with Crippen LogP contribution in [0.4, 0.5) is 0 Å². The molecule has 70 valence electrons. The van der Waals surface area contributed by atoms with Gasteiger partial charge in [-0.3, -0.25) is 4.79 Å². The van der Waals surface area contributed by atoms with Gasteiger partial charge in [0.15, 0.2) is 0 Å². The maximum Gasteiger partial charge on any atom is 0.222 e. The number of nitrogens with one attached hydrogen (secondary N) is 1. The van der Waals surface area contributed by atoms with Crippen molar-refractivity contribution < 1.29 is 9.59 Å². The van der Waals surface area contributed by atoms with Crippen LogP contribution in [0.2, 0.25) is 0 Å². The Hall–Kier alpha value is -0.860. The Morgan fingerprint density at radius 1 is 1.42 bits per heavy atom. The predicted molar refractivity (Wildman–Crippen MR) is 47.8 cm³/mol. The summed E-state index contributed by atoms with van der Waals surface area (Å²) >= 11 is 0. The molecule has 0 aliphatic carbocycles. The van der Waals surface area contributed by atoms with Gasteiger partial charge in [0.2, 0.25) is 5.91 Å². The SMILES string of the molecule is CC(C)C(=O)NCCCCC=O. The van der Waals surface area contributed by atoms with E-state index in [0.717, 1.165) is 19.1 Å². The van der Waals surface area contributed by atoms with Gasteiger partial charge in [0, 0.05) is 18.9 Å². The molecule has 0 aromatic carbocycles. The third-order valence-corrected chi connectivity index (χ3v) is 1.57. The molecule has 0 aliphatic heterocycles. The minimum atomic E-state index is 0.0519. The second-order valence-corrected chi connectivity index (χ2v) is 3.11. The number of carbonyl (C=O) groups is 2. The van der Waals surface area contributed by atoms with Crippen molar-refractivity contribution in [2.45, 2.75) is 33.1 Å². The molecule has 1 N–H and O–H groups in total. The van der Waals surface area contributed by atoms with Gasteiger partial charge in [-0.15, -0.1) is 0 Å². The van der Waals surface area contributed by atoms with Crippen LogP contribution in [0.5, 0.6) is 0 Å². The van der Waals surface area contributed by atoms with Gasteiger partial charge < -0.3 is 10.1 Å². The van der Waals surface area contributed by atoms with E-state index in [1.54, 1.807) is 0 Å². The second kappa shape index (κ2) is 6.83. The molecular weight excluding hydrogens is 154 g/mol. The molecule has 0 heterocycles. The summed E-state index contributed by atoms with van der Waals surface area (Å²) in [6, 6.07) is 0. The summed E-state index contributed by atoms with van der Waals surface area (Å²) in [7, 11) is 0. The molecule has 3 heteroatoms. The molecule has 0 aromatic rings. The smallest absolute Gasteiger partial charge is 0.222 e. The van der Waals surface area contributed by atoms with E-state index in [9.17, 15) is 9.59 Å². The number of aldehydes is 1. The Bertz CT molecular complexity index is 143. The van der Waals surface area contributed by atoms with Crippen LogP contribution in [0, 0.1) is 5.92 Å². The van der Waals surface area contributed by atoms with E-state index in [2.05, 4.69) is 5.32 Å². The minimum Gasteiger partial charge on any atom is -0.356 e. The Labute approximate surface area is 73.5 Å². The lowest BCUT2D eigenvalue weighted by Crippen LogP contribution is -2.28. The van der Waals surface area contributed by atoms with Crippen molar-refractivity contribution in [1.82, 2.24) is 5.32 Å². The Morgan fingerprint density at radius 2 is 2.08 bits per heavy atom. The number of hydrogen-bond donors (Lipinski definition) is 1. The van der Waals surface area contributed by atoms with E-state index in [-0.39, 0.29) is 11.8 Å². The highest BCUT2D eigenvalue weighted by Gasteiger charge is 2.03. The molecule has 0 saturated heterocycles. The number of amides is 1. The number of unbranched alkanes of at least 4 members (excludes halogenated alkanes) is 2. The van der Waals surface area contributed by atoms with Gasteiger partial charge in [-0.1, -0.05) is 13.8 Å². The number of rotatable bonds is 6. The first-order valence-electron chi connectivity index (χ1n) is 4.40. The lowest BCUT2D eigenvalue weighted by molar-refractivity contribution is -0.123. The Kier molecular flexibility index (Phi) is 6.34. The van der Waals surface area contributed by atoms with E-state index in [1.807, 2.05) is 13.8 Å². The van der Waals surface area contributed by atoms with Crippen LogP contribution < -0.4 is 5.32 Å². The first-order chi connectivity index (χ1) is 5.68. The number of carbonyl (C=O) groups excluding carboxylic acids is 2. The molecule has 0 bridgehead atoms. The summed E-state index contributed by atoms with van der Waals surface area (Å²) in [5, 5.41) is 2.79.